The molecule has 1 aromatic heterocycles. The number of carbonyl (C=O) groups is 2. The quantitative estimate of drug-likeness (QED) is 0.555. The van der Waals surface area contributed by atoms with Crippen molar-refractivity contribution in [3.63, 3.8) is 0 Å². The van der Waals surface area contributed by atoms with E-state index >= 15 is 0 Å². The molecule has 3 N–H and O–H groups in total. The van der Waals surface area contributed by atoms with Gasteiger partial charge >= 0.3 is 0 Å². The van der Waals surface area contributed by atoms with Gasteiger partial charge in [0.15, 0.2) is 5.96 Å². The Balaban J connectivity index is 1.39. The number of benzene rings is 1. The van der Waals surface area contributed by atoms with Crippen LogP contribution in [0.5, 0.6) is 5.75 Å². The molecule has 3 aliphatic rings. The summed E-state index contributed by atoms with van der Waals surface area (Å²) in [6.07, 6.45) is 4.87. The Morgan fingerprint density at radius 1 is 1.28 bits per heavy atom. The predicted molar refractivity (Wildman–Crippen MR) is 137 cm³/mol. The van der Waals surface area contributed by atoms with Gasteiger partial charge in [-0.1, -0.05) is 23.7 Å². The topological polar surface area (TPSA) is 107 Å². The number of halogens is 1. The number of aromatic nitrogens is 1. The molecule has 1 unspecified atom stereocenters. The van der Waals surface area contributed by atoms with Crippen LogP contribution in [-0.2, 0) is 9.59 Å². The van der Waals surface area contributed by atoms with Gasteiger partial charge in [-0.3, -0.25) is 24.9 Å². The average molecular weight is 510 g/mol. The lowest BCUT2D eigenvalue weighted by Gasteiger charge is -2.42. The summed E-state index contributed by atoms with van der Waals surface area (Å²) in [5.74, 6) is 0.124. The summed E-state index contributed by atoms with van der Waals surface area (Å²) >= 11 is 6.51. The first-order chi connectivity index (χ1) is 17.0. The molecule has 1 aromatic carbocycles. The first-order valence-electron chi connectivity index (χ1n) is 12.3. The van der Waals surface area contributed by atoms with E-state index in [1.165, 1.54) is 4.90 Å². The van der Waals surface area contributed by atoms with Crippen LogP contribution >= 0.6 is 11.6 Å². The molecule has 3 heterocycles. The summed E-state index contributed by atoms with van der Waals surface area (Å²) in [5, 5.41) is 15.5. The van der Waals surface area contributed by atoms with Crippen molar-refractivity contribution in [2.45, 2.75) is 70.2 Å². The third kappa shape index (κ3) is 4.66. The van der Waals surface area contributed by atoms with Crippen molar-refractivity contribution in [3.05, 3.63) is 58.9 Å². The molecule has 0 bridgehead atoms. The monoisotopic (exact) mass is 509 g/mol. The fourth-order valence-electron chi connectivity index (χ4n) is 5.59. The third-order valence-corrected chi connectivity index (χ3v) is 7.54. The van der Waals surface area contributed by atoms with Crippen molar-refractivity contribution in [1.82, 2.24) is 20.5 Å². The van der Waals surface area contributed by atoms with Crippen molar-refractivity contribution < 1.29 is 14.3 Å². The molecule has 2 amide bonds. The van der Waals surface area contributed by atoms with E-state index in [4.69, 9.17) is 21.7 Å². The second-order valence-electron chi connectivity index (χ2n) is 11.3. The molecule has 0 radical (unpaired) electrons. The lowest BCUT2D eigenvalue weighted by molar-refractivity contribution is -0.133. The number of hydrogen-bond donors (Lipinski definition) is 3. The fraction of sp³-hybridized carbons (Fsp3) is 0.481. The Morgan fingerprint density at radius 3 is 2.75 bits per heavy atom. The second kappa shape index (κ2) is 8.76. The number of carbonyl (C=O) groups excluding carboxylic acids is 2. The van der Waals surface area contributed by atoms with E-state index in [0.29, 0.717) is 23.6 Å². The van der Waals surface area contributed by atoms with Crippen molar-refractivity contribution in [2.75, 3.05) is 0 Å². The van der Waals surface area contributed by atoms with Crippen molar-refractivity contribution >= 4 is 29.4 Å². The summed E-state index contributed by atoms with van der Waals surface area (Å²) in [6, 6.07) is 8.53. The van der Waals surface area contributed by atoms with Crippen LogP contribution in [0.1, 0.15) is 70.2 Å². The predicted octanol–water partition coefficient (Wildman–Crippen LogP) is 4.37. The molecule has 2 fully saturated rings. The number of amides is 2. The van der Waals surface area contributed by atoms with Crippen LogP contribution in [0.25, 0.3) is 0 Å². The maximum atomic E-state index is 13.5. The van der Waals surface area contributed by atoms with E-state index in [2.05, 4.69) is 15.6 Å². The molecule has 2 aromatic rings. The van der Waals surface area contributed by atoms with Gasteiger partial charge in [0.25, 0.3) is 0 Å². The van der Waals surface area contributed by atoms with E-state index in [9.17, 15) is 9.59 Å². The Kier molecular flexibility index (Phi) is 5.98. The Bertz CT molecular complexity index is 1200. The Morgan fingerprint density at radius 2 is 2.06 bits per heavy atom. The Labute approximate surface area is 216 Å². The molecule has 4 atom stereocenters. The smallest absolute Gasteiger partial charge is 0.232 e. The highest BCUT2D eigenvalue weighted by Gasteiger charge is 2.54. The van der Waals surface area contributed by atoms with Crippen LogP contribution in [0.4, 0.5) is 0 Å². The number of ether oxygens (including phenoxy) is 1. The van der Waals surface area contributed by atoms with Gasteiger partial charge in [-0.15, -0.1) is 0 Å². The summed E-state index contributed by atoms with van der Waals surface area (Å²) in [5.41, 5.74) is 0.669. The molecule has 1 saturated heterocycles. The minimum atomic E-state index is -0.493. The van der Waals surface area contributed by atoms with Crippen molar-refractivity contribution in [3.8, 4) is 5.75 Å². The zero-order valence-electron chi connectivity index (χ0n) is 21.0. The highest BCUT2D eigenvalue weighted by molar-refractivity contribution is 6.31. The van der Waals surface area contributed by atoms with Crippen LogP contribution in [0.2, 0.25) is 5.02 Å². The minimum Gasteiger partial charge on any atom is -0.487 e. The van der Waals surface area contributed by atoms with E-state index in [1.807, 2.05) is 58.0 Å². The van der Waals surface area contributed by atoms with Gasteiger partial charge < -0.3 is 15.4 Å². The van der Waals surface area contributed by atoms with Crippen LogP contribution in [-0.4, -0.2) is 38.8 Å². The van der Waals surface area contributed by atoms with E-state index in [0.717, 1.165) is 11.1 Å². The number of pyridine rings is 1. The third-order valence-electron chi connectivity index (χ3n) is 7.21. The van der Waals surface area contributed by atoms with E-state index in [1.54, 1.807) is 12.4 Å². The van der Waals surface area contributed by atoms with Gasteiger partial charge in [-0.25, -0.2) is 0 Å². The van der Waals surface area contributed by atoms with Gasteiger partial charge in [0.05, 0.1) is 12.1 Å². The summed E-state index contributed by atoms with van der Waals surface area (Å²) in [7, 11) is 0. The molecule has 1 saturated carbocycles. The van der Waals surface area contributed by atoms with Gasteiger partial charge in [0.2, 0.25) is 11.8 Å². The standard InChI is InChI=1S/C27H32ClN5O3/c1-26(2)13-21(34)33(25(29)32-26)23(15-7-6-10-30-14-15)16-11-17(16)24(35)31-19-12-27(3,4)36-20-9-5-8-18(28)22(19)20/h5-10,14,16-17,19,23H,11-13H2,1-4H3,(H2,29,32)(H,31,35)/t16-,17-,19?,23-/m1/s1. The summed E-state index contributed by atoms with van der Waals surface area (Å²) in [6.45, 7) is 7.80. The number of rotatable bonds is 5. The van der Waals surface area contributed by atoms with Crippen molar-refractivity contribution in [2.24, 2.45) is 11.8 Å². The van der Waals surface area contributed by atoms with Crippen molar-refractivity contribution in [1.29, 1.82) is 5.41 Å². The lowest BCUT2D eigenvalue weighted by atomic mass is 9.89. The SMILES string of the molecule is CC1(C)CC(=O)N([C@H](c2cccnc2)[C@@H]2C[C@H]2C(=O)NC2CC(C)(C)Oc3cccc(Cl)c32)C(=N)N1. The van der Waals surface area contributed by atoms with Gasteiger partial charge in [0, 0.05) is 47.3 Å². The first kappa shape index (κ1) is 24.6. The zero-order valence-corrected chi connectivity index (χ0v) is 21.7. The van der Waals surface area contributed by atoms with Gasteiger partial charge in [-0.2, -0.15) is 0 Å². The lowest BCUT2D eigenvalue weighted by Crippen LogP contribution is -2.60. The summed E-state index contributed by atoms with van der Waals surface area (Å²) in [4.78, 5) is 32.5. The average Bonchev–Trinajstić information content (AvgIpc) is 3.55. The number of hydrogen-bond acceptors (Lipinski definition) is 5. The molecule has 0 spiro atoms. The molecule has 2 aliphatic heterocycles. The zero-order chi connectivity index (χ0) is 25.8. The molecule has 5 rings (SSSR count). The van der Waals surface area contributed by atoms with Crippen LogP contribution in [0.15, 0.2) is 42.7 Å². The van der Waals surface area contributed by atoms with Gasteiger partial charge in [0.1, 0.15) is 11.4 Å². The first-order valence-corrected chi connectivity index (χ1v) is 12.7. The van der Waals surface area contributed by atoms with E-state index in [-0.39, 0.29) is 42.1 Å². The number of guanidine groups is 1. The molecule has 190 valence electrons. The van der Waals surface area contributed by atoms with Crippen LogP contribution < -0.4 is 15.4 Å². The molecule has 9 heteroatoms. The highest BCUT2D eigenvalue weighted by Crippen LogP contribution is 2.52. The van der Waals surface area contributed by atoms with Gasteiger partial charge in [-0.05, 0) is 63.8 Å². The fourth-order valence-corrected chi connectivity index (χ4v) is 5.89. The largest absolute Gasteiger partial charge is 0.487 e. The number of nitrogens with one attached hydrogen (secondary N) is 3. The van der Waals surface area contributed by atoms with E-state index < -0.39 is 17.2 Å². The second-order valence-corrected chi connectivity index (χ2v) is 11.7. The normalized spacial score (nSPS) is 26.8. The number of fused-ring (bicyclic) bond motifs is 1. The molecule has 1 aliphatic carbocycles. The molecular formula is C27H32ClN5O3. The molecule has 8 nitrogen and oxygen atoms in total. The van der Waals surface area contributed by atoms with Crippen LogP contribution in [0.3, 0.4) is 0 Å². The highest BCUT2D eigenvalue weighted by atomic mass is 35.5. The molecule has 36 heavy (non-hydrogen) atoms. The maximum Gasteiger partial charge on any atom is 0.232 e. The Hall–Kier alpha value is -3.13. The maximum absolute atomic E-state index is 13.5. The minimum absolute atomic E-state index is 0.0584. The summed E-state index contributed by atoms with van der Waals surface area (Å²) < 4.78 is 6.11. The molecular weight excluding hydrogens is 478 g/mol. The van der Waals surface area contributed by atoms with Crippen LogP contribution in [0, 0.1) is 17.2 Å². The number of nitrogens with zero attached hydrogens (tertiary/aromatic N) is 2.